The molecule has 3 saturated carbocycles. The lowest BCUT2D eigenvalue weighted by atomic mass is 9.42. The molecule has 1 amide bonds. The van der Waals surface area contributed by atoms with E-state index < -0.39 is 0 Å². The van der Waals surface area contributed by atoms with Crippen molar-refractivity contribution in [1.82, 2.24) is 4.98 Å². The van der Waals surface area contributed by atoms with Gasteiger partial charge in [-0.25, -0.2) is 0 Å². The topological polar surface area (TPSA) is 42.0 Å². The zero-order valence-corrected chi connectivity index (χ0v) is 11.2. The van der Waals surface area contributed by atoms with Gasteiger partial charge in [0.15, 0.2) is 0 Å². The van der Waals surface area contributed by atoms with Gasteiger partial charge < -0.3 is 5.32 Å². The summed E-state index contributed by atoms with van der Waals surface area (Å²) < 4.78 is 0. The van der Waals surface area contributed by atoms with Crippen molar-refractivity contribution < 1.29 is 4.79 Å². The van der Waals surface area contributed by atoms with E-state index in [0.717, 1.165) is 11.6 Å². The van der Waals surface area contributed by atoms with Crippen molar-refractivity contribution in [2.75, 3.05) is 5.32 Å². The summed E-state index contributed by atoms with van der Waals surface area (Å²) in [6.07, 6.45) is 7.36. The van der Waals surface area contributed by atoms with E-state index in [9.17, 15) is 4.79 Å². The number of nitrogens with zero attached hydrogens (tertiary/aromatic N) is 1. The molecule has 2 bridgehead atoms. The summed E-state index contributed by atoms with van der Waals surface area (Å²) in [5.41, 5.74) is 3.28. The number of hydrogen-bond donors (Lipinski definition) is 1. The maximum Gasteiger partial charge on any atom is 0.255 e. The van der Waals surface area contributed by atoms with E-state index in [1.807, 2.05) is 24.3 Å². The van der Waals surface area contributed by atoms with Gasteiger partial charge in [-0.15, -0.1) is 0 Å². The van der Waals surface area contributed by atoms with Crippen molar-refractivity contribution >= 4 is 11.6 Å². The first-order chi connectivity index (χ1) is 9.75. The first-order valence-corrected chi connectivity index (χ1v) is 7.07. The van der Waals surface area contributed by atoms with E-state index in [1.54, 1.807) is 12.4 Å². The molecule has 3 nitrogen and oxygen atoms in total. The number of nitrogens with one attached hydrogen (secondary N) is 1. The van der Waals surface area contributed by atoms with Crippen LogP contribution in [0, 0.1) is 5.92 Å². The smallest absolute Gasteiger partial charge is 0.255 e. The number of aromatic nitrogens is 1. The van der Waals surface area contributed by atoms with Crippen LogP contribution in [0.1, 0.15) is 35.2 Å². The molecule has 0 spiro atoms. The molecule has 0 atom stereocenters. The van der Waals surface area contributed by atoms with Crippen molar-refractivity contribution in [2.45, 2.75) is 24.7 Å². The Balaban J connectivity index is 1.49. The summed E-state index contributed by atoms with van der Waals surface area (Å²) in [5, 5.41) is 2.85. The zero-order valence-electron chi connectivity index (χ0n) is 11.2. The lowest BCUT2D eigenvalue weighted by molar-refractivity contribution is -0.0274. The molecular weight excluding hydrogens is 248 g/mol. The SMILES string of the molecule is O=C(Nc1cccnc1)c1ccc(C23CC(C2)C3)cc1. The predicted octanol–water partition coefficient (Wildman–Crippen LogP) is 3.39. The highest BCUT2D eigenvalue weighted by Gasteiger charge is 2.57. The molecule has 100 valence electrons. The van der Waals surface area contributed by atoms with Gasteiger partial charge in [-0.2, -0.15) is 0 Å². The number of amides is 1. The van der Waals surface area contributed by atoms with Crippen molar-refractivity contribution in [3.8, 4) is 0 Å². The van der Waals surface area contributed by atoms with E-state index in [4.69, 9.17) is 0 Å². The Labute approximate surface area is 118 Å². The van der Waals surface area contributed by atoms with Gasteiger partial charge in [0.05, 0.1) is 11.9 Å². The number of carbonyl (C=O) groups is 1. The highest BCUT2D eigenvalue weighted by atomic mass is 16.1. The van der Waals surface area contributed by atoms with Crippen LogP contribution in [0.15, 0.2) is 48.8 Å². The molecule has 0 unspecified atom stereocenters. The van der Waals surface area contributed by atoms with Crippen LogP contribution in [0.4, 0.5) is 5.69 Å². The Morgan fingerprint density at radius 3 is 2.45 bits per heavy atom. The second-order valence-corrected chi connectivity index (χ2v) is 6.03. The standard InChI is InChI=1S/C17H16N2O/c20-16(19-15-2-1-7-18-11-15)13-3-5-14(6-4-13)17-8-12(9-17)10-17/h1-7,11-12H,8-10H2,(H,19,20). The number of anilines is 1. The number of rotatable bonds is 3. The Kier molecular flexibility index (Phi) is 2.43. The number of hydrogen-bond acceptors (Lipinski definition) is 2. The van der Waals surface area contributed by atoms with E-state index in [1.165, 1.54) is 24.8 Å². The normalized spacial score (nSPS) is 26.3. The van der Waals surface area contributed by atoms with Gasteiger partial charge in [0.25, 0.3) is 5.91 Å². The first-order valence-electron chi connectivity index (χ1n) is 7.07. The molecule has 5 rings (SSSR count). The maximum atomic E-state index is 12.1. The molecule has 1 aromatic carbocycles. The fraction of sp³-hybridized carbons (Fsp3) is 0.294. The third-order valence-corrected chi connectivity index (χ3v) is 4.72. The first kappa shape index (κ1) is 11.6. The van der Waals surface area contributed by atoms with E-state index >= 15 is 0 Å². The molecule has 0 radical (unpaired) electrons. The largest absolute Gasteiger partial charge is 0.321 e. The summed E-state index contributed by atoms with van der Waals surface area (Å²) in [7, 11) is 0. The molecule has 3 fully saturated rings. The number of pyridine rings is 1. The Morgan fingerprint density at radius 2 is 1.90 bits per heavy atom. The molecule has 1 heterocycles. The minimum absolute atomic E-state index is 0.0813. The molecule has 3 aliphatic carbocycles. The van der Waals surface area contributed by atoms with Gasteiger partial charge in [-0.1, -0.05) is 12.1 Å². The fourth-order valence-corrected chi connectivity index (χ4v) is 3.45. The minimum atomic E-state index is -0.0813. The molecule has 2 aromatic rings. The highest BCUT2D eigenvalue weighted by molar-refractivity contribution is 6.04. The minimum Gasteiger partial charge on any atom is -0.321 e. The Bertz CT molecular complexity index is 631. The Hall–Kier alpha value is -2.16. The van der Waals surface area contributed by atoms with Gasteiger partial charge in [0, 0.05) is 11.8 Å². The van der Waals surface area contributed by atoms with Crippen molar-refractivity contribution in [2.24, 2.45) is 5.92 Å². The third-order valence-electron chi connectivity index (χ3n) is 4.72. The van der Waals surface area contributed by atoms with Crippen molar-refractivity contribution in [3.63, 3.8) is 0 Å². The molecule has 0 aliphatic heterocycles. The summed E-state index contributed by atoms with van der Waals surface area (Å²) in [5.74, 6) is 0.894. The summed E-state index contributed by atoms with van der Waals surface area (Å²) >= 11 is 0. The summed E-state index contributed by atoms with van der Waals surface area (Å²) in [6, 6.07) is 11.7. The van der Waals surface area contributed by atoms with Gasteiger partial charge in [0.2, 0.25) is 0 Å². The molecule has 1 aromatic heterocycles. The second kappa shape index (κ2) is 4.17. The maximum absolute atomic E-state index is 12.1. The molecule has 1 N–H and O–H groups in total. The van der Waals surface area contributed by atoms with Crippen LogP contribution in [-0.4, -0.2) is 10.9 Å². The fourth-order valence-electron chi connectivity index (χ4n) is 3.45. The molecule has 3 aliphatic rings. The number of carbonyl (C=O) groups excluding carboxylic acids is 1. The van der Waals surface area contributed by atoms with Crippen LogP contribution in [0.3, 0.4) is 0 Å². The van der Waals surface area contributed by atoms with Gasteiger partial charge in [0.1, 0.15) is 0 Å². The molecular formula is C17H16N2O. The average molecular weight is 264 g/mol. The van der Waals surface area contributed by atoms with Crippen molar-refractivity contribution in [3.05, 3.63) is 59.9 Å². The lowest BCUT2D eigenvalue weighted by Gasteiger charge is -2.62. The van der Waals surface area contributed by atoms with Crippen LogP contribution in [0.2, 0.25) is 0 Å². The van der Waals surface area contributed by atoms with E-state index in [-0.39, 0.29) is 5.91 Å². The average Bonchev–Trinajstić information content (AvgIpc) is 2.37. The van der Waals surface area contributed by atoms with Crippen LogP contribution in [-0.2, 0) is 5.41 Å². The second-order valence-electron chi connectivity index (χ2n) is 6.03. The van der Waals surface area contributed by atoms with Crippen LogP contribution >= 0.6 is 0 Å². The van der Waals surface area contributed by atoms with Crippen LogP contribution in [0.25, 0.3) is 0 Å². The summed E-state index contributed by atoms with van der Waals surface area (Å²) in [4.78, 5) is 16.1. The highest BCUT2D eigenvalue weighted by Crippen LogP contribution is 2.65. The zero-order chi connectivity index (χ0) is 13.6. The molecule has 0 saturated heterocycles. The van der Waals surface area contributed by atoms with Gasteiger partial charge in [-0.05, 0) is 60.4 Å². The molecule has 20 heavy (non-hydrogen) atoms. The number of benzene rings is 1. The third kappa shape index (κ3) is 1.73. The van der Waals surface area contributed by atoms with Crippen molar-refractivity contribution in [1.29, 1.82) is 0 Å². The summed E-state index contributed by atoms with van der Waals surface area (Å²) in [6.45, 7) is 0. The van der Waals surface area contributed by atoms with Crippen LogP contribution in [0.5, 0.6) is 0 Å². The molecule has 3 heteroatoms. The monoisotopic (exact) mass is 264 g/mol. The van der Waals surface area contributed by atoms with E-state index in [2.05, 4.69) is 22.4 Å². The quantitative estimate of drug-likeness (QED) is 0.923. The lowest BCUT2D eigenvalue weighted by Crippen LogP contribution is -2.55. The predicted molar refractivity (Wildman–Crippen MR) is 77.7 cm³/mol. The Morgan fingerprint density at radius 1 is 1.15 bits per heavy atom. The van der Waals surface area contributed by atoms with E-state index in [0.29, 0.717) is 11.0 Å². The van der Waals surface area contributed by atoms with Gasteiger partial charge in [-0.3, -0.25) is 9.78 Å². The van der Waals surface area contributed by atoms with Crippen LogP contribution < -0.4 is 5.32 Å². The van der Waals surface area contributed by atoms with Gasteiger partial charge >= 0.3 is 0 Å².